The molecular formula is C19H24ClN3OS. The number of thiophene rings is 1. The van der Waals surface area contributed by atoms with E-state index in [9.17, 15) is 4.79 Å². The van der Waals surface area contributed by atoms with Crippen LogP contribution in [0.25, 0.3) is 0 Å². The smallest absolute Gasteiger partial charge is 0.317 e. The summed E-state index contributed by atoms with van der Waals surface area (Å²) < 4.78 is 0. The predicted molar refractivity (Wildman–Crippen MR) is 104 cm³/mol. The monoisotopic (exact) mass is 377 g/mol. The Kier molecular flexibility index (Phi) is 6.34. The molecule has 0 aliphatic carbocycles. The second kappa shape index (κ2) is 8.70. The summed E-state index contributed by atoms with van der Waals surface area (Å²) in [6.07, 6.45) is 0.853. The maximum atomic E-state index is 12.6. The number of halogens is 1. The lowest BCUT2D eigenvalue weighted by molar-refractivity contribution is 0.133. The molecule has 2 amide bonds. The fraction of sp³-hybridized carbons (Fsp3) is 0.421. The Labute approximate surface area is 158 Å². The molecule has 1 atom stereocenters. The maximum Gasteiger partial charge on any atom is 0.317 e. The first kappa shape index (κ1) is 18.2. The molecule has 4 nitrogen and oxygen atoms in total. The van der Waals surface area contributed by atoms with Crippen molar-refractivity contribution in [3.8, 4) is 0 Å². The van der Waals surface area contributed by atoms with E-state index in [0.717, 1.165) is 44.7 Å². The van der Waals surface area contributed by atoms with Crippen molar-refractivity contribution >= 4 is 29.0 Å². The van der Waals surface area contributed by atoms with Gasteiger partial charge in [-0.3, -0.25) is 4.90 Å². The molecule has 1 N–H and O–H groups in total. The molecule has 25 heavy (non-hydrogen) atoms. The Balaban J connectivity index is 1.50. The van der Waals surface area contributed by atoms with Crippen molar-refractivity contribution in [1.82, 2.24) is 15.1 Å². The Morgan fingerprint density at radius 3 is 2.52 bits per heavy atom. The van der Waals surface area contributed by atoms with Crippen LogP contribution in [0, 0.1) is 0 Å². The number of hydrogen-bond acceptors (Lipinski definition) is 3. The first-order valence-corrected chi connectivity index (χ1v) is 9.97. The van der Waals surface area contributed by atoms with Crippen LogP contribution in [0.15, 0.2) is 41.8 Å². The van der Waals surface area contributed by atoms with Crippen LogP contribution >= 0.6 is 22.9 Å². The van der Waals surface area contributed by atoms with Crippen LogP contribution in [0.3, 0.4) is 0 Å². The number of benzene rings is 1. The highest BCUT2D eigenvalue weighted by Gasteiger charge is 2.23. The third-order valence-electron chi connectivity index (χ3n) is 4.60. The van der Waals surface area contributed by atoms with Gasteiger partial charge < -0.3 is 10.2 Å². The van der Waals surface area contributed by atoms with E-state index >= 15 is 0 Å². The summed E-state index contributed by atoms with van der Waals surface area (Å²) in [6.45, 7) is 6.45. The van der Waals surface area contributed by atoms with Crippen molar-refractivity contribution in [2.24, 2.45) is 0 Å². The molecule has 3 rings (SSSR count). The van der Waals surface area contributed by atoms with E-state index in [4.69, 9.17) is 11.6 Å². The minimum Gasteiger partial charge on any atom is -0.331 e. The second-order valence-electron chi connectivity index (χ2n) is 6.30. The van der Waals surface area contributed by atoms with Gasteiger partial charge in [0.1, 0.15) is 0 Å². The van der Waals surface area contributed by atoms with Crippen LogP contribution in [-0.2, 0) is 6.54 Å². The molecule has 1 aliphatic heterocycles. The summed E-state index contributed by atoms with van der Waals surface area (Å²) in [5, 5.41) is 5.99. The SMILES string of the molecule is CCC(NC(=O)N1CCN(Cc2cccs2)CC1)c1ccc(Cl)cc1. The molecule has 0 radical (unpaired) electrons. The van der Waals surface area contributed by atoms with Crippen LogP contribution < -0.4 is 5.32 Å². The Morgan fingerprint density at radius 1 is 1.20 bits per heavy atom. The van der Waals surface area contributed by atoms with Crippen molar-refractivity contribution in [3.63, 3.8) is 0 Å². The zero-order chi connectivity index (χ0) is 17.6. The summed E-state index contributed by atoms with van der Waals surface area (Å²) in [5.41, 5.74) is 1.09. The summed E-state index contributed by atoms with van der Waals surface area (Å²) >= 11 is 7.74. The lowest BCUT2D eigenvalue weighted by Crippen LogP contribution is -2.51. The third kappa shape index (κ3) is 4.97. The molecule has 2 aromatic rings. The largest absolute Gasteiger partial charge is 0.331 e. The Bertz CT molecular complexity index is 666. The van der Waals surface area contributed by atoms with Crippen molar-refractivity contribution in [2.75, 3.05) is 26.2 Å². The summed E-state index contributed by atoms with van der Waals surface area (Å²) in [7, 11) is 0. The molecule has 1 aliphatic rings. The lowest BCUT2D eigenvalue weighted by Gasteiger charge is -2.35. The van der Waals surface area contributed by atoms with Crippen LogP contribution in [0.2, 0.25) is 5.02 Å². The topological polar surface area (TPSA) is 35.6 Å². The molecule has 1 aromatic carbocycles. The van der Waals surface area contributed by atoms with E-state index < -0.39 is 0 Å². The number of hydrogen-bond donors (Lipinski definition) is 1. The molecule has 6 heteroatoms. The highest BCUT2D eigenvalue weighted by Crippen LogP contribution is 2.20. The molecule has 0 bridgehead atoms. The molecular weight excluding hydrogens is 354 g/mol. The number of urea groups is 1. The fourth-order valence-electron chi connectivity index (χ4n) is 3.09. The summed E-state index contributed by atoms with van der Waals surface area (Å²) in [5.74, 6) is 0. The highest BCUT2D eigenvalue weighted by atomic mass is 35.5. The van der Waals surface area contributed by atoms with Gasteiger partial charge in [0, 0.05) is 42.6 Å². The minimum absolute atomic E-state index is 0.0221. The van der Waals surface area contributed by atoms with Crippen molar-refractivity contribution in [3.05, 3.63) is 57.2 Å². The predicted octanol–water partition coefficient (Wildman–Crippen LogP) is 4.38. The molecule has 1 aromatic heterocycles. The molecule has 134 valence electrons. The number of carbonyl (C=O) groups is 1. The standard InChI is InChI=1S/C19H24ClN3OS/c1-2-18(15-5-7-16(20)8-6-15)21-19(24)23-11-9-22(10-12-23)14-17-4-3-13-25-17/h3-8,13,18H,2,9-12,14H2,1H3,(H,21,24). The van der Waals surface area contributed by atoms with E-state index in [2.05, 4.69) is 34.7 Å². The quantitative estimate of drug-likeness (QED) is 0.839. The van der Waals surface area contributed by atoms with Gasteiger partial charge in [-0.1, -0.05) is 36.7 Å². The number of piperazine rings is 1. The third-order valence-corrected chi connectivity index (χ3v) is 5.71. The van der Waals surface area contributed by atoms with Gasteiger partial charge in [0.15, 0.2) is 0 Å². The van der Waals surface area contributed by atoms with Crippen molar-refractivity contribution in [2.45, 2.75) is 25.9 Å². The van der Waals surface area contributed by atoms with Crippen molar-refractivity contribution < 1.29 is 4.79 Å². The van der Waals surface area contributed by atoms with E-state index in [1.165, 1.54) is 4.88 Å². The molecule has 1 fully saturated rings. The highest BCUT2D eigenvalue weighted by molar-refractivity contribution is 7.09. The molecule has 1 saturated heterocycles. The Morgan fingerprint density at radius 2 is 1.92 bits per heavy atom. The van der Waals surface area contributed by atoms with E-state index in [0.29, 0.717) is 5.02 Å². The van der Waals surface area contributed by atoms with Gasteiger partial charge in [-0.05, 0) is 35.6 Å². The van der Waals surface area contributed by atoms with Crippen LogP contribution in [0.5, 0.6) is 0 Å². The van der Waals surface area contributed by atoms with Gasteiger partial charge in [-0.25, -0.2) is 4.79 Å². The van der Waals surface area contributed by atoms with Crippen molar-refractivity contribution in [1.29, 1.82) is 0 Å². The van der Waals surface area contributed by atoms with Crippen LogP contribution in [0.1, 0.15) is 29.8 Å². The first-order chi connectivity index (χ1) is 12.2. The van der Waals surface area contributed by atoms with Crippen LogP contribution in [-0.4, -0.2) is 42.0 Å². The van der Waals surface area contributed by atoms with Gasteiger partial charge in [0.05, 0.1) is 6.04 Å². The number of nitrogens with one attached hydrogen (secondary N) is 1. The molecule has 0 spiro atoms. The zero-order valence-corrected chi connectivity index (χ0v) is 16.0. The van der Waals surface area contributed by atoms with E-state index in [1.54, 1.807) is 11.3 Å². The van der Waals surface area contributed by atoms with Gasteiger partial charge in [0.2, 0.25) is 0 Å². The zero-order valence-electron chi connectivity index (χ0n) is 14.5. The lowest BCUT2D eigenvalue weighted by atomic mass is 10.1. The Hall–Kier alpha value is -1.56. The second-order valence-corrected chi connectivity index (χ2v) is 7.77. The summed E-state index contributed by atoms with van der Waals surface area (Å²) in [4.78, 5) is 18.3. The van der Waals surface area contributed by atoms with E-state index in [-0.39, 0.29) is 12.1 Å². The summed E-state index contributed by atoms with van der Waals surface area (Å²) in [6, 6.07) is 12.0. The average Bonchev–Trinajstić information content (AvgIpc) is 3.14. The minimum atomic E-state index is 0.0221. The molecule has 1 unspecified atom stereocenters. The molecule has 2 heterocycles. The normalized spacial score (nSPS) is 16.6. The van der Waals surface area contributed by atoms with Gasteiger partial charge in [-0.2, -0.15) is 0 Å². The number of carbonyl (C=O) groups excluding carboxylic acids is 1. The number of amides is 2. The number of nitrogens with zero attached hydrogens (tertiary/aromatic N) is 2. The average molecular weight is 378 g/mol. The maximum absolute atomic E-state index is 12.6. The fourth-order valence-corrected chi connectivity index (χ4v) is 3.96. The molecule has 0 saturated carbocycles. The van der Waals surface area contributed by atoms with Gasteiger partial charge in [0.25, 0.3) is 0 Å². The van der Waals surface area contributed by atoms with Crippen LogP contribution in [0.4, 0.5) is 4.79 Å². The van der Waals surface area contributed by atoms with Gasteiger partial charge >= 0.3 is 6.03 Å². The van der Waals surface area contributed by atoms with E-state index in [1.807, 2.05) is 29.2 Å². The van der Waals surface area contributed by atoms with Gasteiger partial charge in [-0.15, -0.1) is 11.3 Å². The number of rotatable bonds is 5. The first-order valence-electron chi connectivity index (χ1n) is 8.71.